The lowest BCUT2D eigenvalue weighted by Crippen LogP contribution is -2.44. The van der Waals surface area contributed by atoms with Gasteiger partial charge in [-0.2, -0.15) is 0 Å². The number of allylic oxidation sites excluding steroid dienone is 1. The molecule has 2 atom stereocenters. The van der Waals surface area contributed by atoms with E-state index < -0.39 is 9.84 Å². The molecular weight excluding hydrogens is 234 g/mol. The molecule has 0 amide bonds. The first-order valence-electron chi connectivity index (χ1n) is 6.58. The van der Waals surface area contributed by atoms with Crippen molar-refractivity contribution in [2.45, 2.75) is 57.2 Å². The summed E-state index contributed by atoms with van der Waals surface area (Å²) in [6, 6.07) is 0.00486. The van der Waals surface area contributed by atoms with Gasteiger partial charge >= 0.3 is 0 Å². The lowest BCUT2D eigenvalue weighted by Gasteiger charge is -2.28. The van der Waals surface area contributed by atoms with Crippen LogP contribution in [0.5, 0.6) is 0 Å². The van der Waals surface area contributed by atoms with Crippen LogP contribution < -0.4 is 5.32 Å². The Morgan fingerprint density at radius 3 is 2.59 bits per heavy atom. The van der Waals surface area contributed by atoms with Gasteiger partial charge < -0.3 is 5.32 Å². The zero-order chi connectivity index (χ0) is 12.9. The van der Waals surface area contributed by atoms with Crippen LogP contribution in [0.4, 0.5) is 0 Å². The van der Waals surface area contributed by atoms with Gasteiger partial charge in [0.05, 0.1) is 5.25 Å². The quantitative estimate of drug-likeness (QED) is 0.744. The highest BCUT2D eigenvalue weighted by Gasteiger charge is 2.28. The molecule has 0 aromatic heterocycles. The molecule has 0 fully saturated rings. The maximum absolute atomic E-state index is 11.7. The highest BCUT2D eigenvalue weighted by atomic mass is 32.2. The van der Waals surface area contributed by atoms with E-state index in [4.69, 9.17) is 0 Å². The molecule has 100 valence electrons. The summed E-state index contributed by atoms with van der Waals surface area (Å²) in [5.74, 6) is 0. The molecule has 17 heavy (non-hydrogen) atoms. The predicted octanol–water partition coefficient (Wildman–Crippen LogP) is 2.29. The van der Waals surface area contributed by atoms with E-state index >= 15 is 0 Å². The van der Waals surface area contributed by atoms with Crippen molar-refractivity contribution in [2.24, 2.45) is 0 Å². The van der Waals surface area contributed by atoms with Crippen LogP contribution in [0.2, 0.25) is 0 Å². The Hall–Kier alpha value is -0.350. The SMILES string of the molecule is CCCNC(C1=CCCCC1)C(C)S(C)(=O)=O. The number of sulfone groups is 1. The Morgan fingerprint density at radius 2 is 2.12 bits per heavy atom. The first-order valence-corrected chi connectivity index (χ1v) is 8.53. The molecule has 1 rings (SSSR count). The van der Waals surface area contributed by atoms with Crippen LogP contribution in [0.25, 0.3) is 0 Å². The molecule has 0 aromatic carbocycles. The van der Waals surface area contributed by atoms with Crippen molar-refractivity contribution in [1.82, 2.24) is 5.32 Å². The molecule has 2 unspecified atom stereocenters. The van der Waals surface area contributed by atoms with Gasteiger partial charge in [-0.25, -0.2) is 8.42 Å². The molecule has 0 aliphatic heterocycles. The first kappa shape index (κ1) is 14.7. The Bertz CT molecular complexity index is 360. The van der Waals surface area contributed by atoms with Crippen LogP contribution in [0, 0.1) is 0 Å². The number of hydrogen-bond donors (Lipinski definition) is 1. The van der Waals surface area contributed by atoms with E-state index in [9.17, 15) is 8.42 Å². The highest BCUT2D eigenvalue weighted by molar-refractivity contribution is 7.91. The van der Waals surface area contributed by atoms with E-state index in [1.165, 1.54) is 24.7 Å². The lowest BCUT2D eigenvalue weighted by atomic mass is 9.92. The molecule has 3 nitrogen and oxygen atoms in total. The van der Waals surface area contributed by atoms with Crippen LogP contribution >= 0.6 is 0 Å². The summed E-state index contributed by atoms with van der Waals surface area (Å²) in [4.78, 5) is 0. The normalized spacial score (nSPS) is 20.8. The van der Waals surface area contributed by atoms with Crippen LogP contribution in [-0.4, -0.2) is 32.5 Å². The second kappa shape index (κ2) is 6.55. The maximum atomic E-state index is 11.7. The van der Waals surface area contributed by atoms with Crippen LogP contribution in [0.15, 0.2) is 11.6 Å². The molecule has 1 N–H and O–H groups in total. The van der Waals surface area contributed by atoms with E-state index in [1.54, 1.807) is 0 Å². The third kappa shape index (κ3) is 4.43. The third-order valence-electron chi connectivity index (χ3n) is 3.48. The molecule has 0 spiro atoms. The topological polar surface area (TPSA) is 46.2 Å². The molecular formula is C13H25NO2S. The minimum absolute atomic E-state index is 0.00486. The smallest absolute Gasteiger partial charge is 0.151 e. The number of nitrogens with one attached hydrogen (secondary N) is 1. The van der Waals surface area contributed by atoms with Gasteiger partial charge in [0.15, 0.2) is 9.84 Å². The fourth-order valence-corrected chi connectivity index (χ4v) is 3.06. The summed E-state index contributed by atoms with van der Waals surface area (Å²) in [6.07, 6.45) is 9.15. The van der Waals surface area contributed by atoms with Gasteiger partial charge in [-0.3, -0.25) is 0 Å². The molecule has 0 saturated heterocycles. The summed E-state index contributed by atoms with van der Waals surface area (Å²) < 4.78 is 23.4. The minimum atomic E-state index is -2.99. The Balaban J connectivity index is 2.82. The molecule has 0 aromatic rings. The molecule has 1 aliphatic carbocycles. The molecule has 1 aliphatic rings. The average molecular weight is 259 g/mol. The molecule has 4 heteroatoms. The Labute approximate surface area is 106 Å². The molecule has 0 heterocycles. The fraction of sp³-hybridized carbons (Fsp3) is 0.846. The van der Waals surface area contributed by atoms with Gasteiger partial charge in [0, 0.05) is 12.3 Å². The van der Waals surface area contributed by atoms with E-state index in [-0.39, 0.29) is 11.3 Å². The van der Waals surface area contributed by atoms with Crippen LogP contribution in [-0.2, 0) is 9.84 Å². The van der Waals surface area contributed by atoms with Gasteiger partial charge in [-0.05, 0) is 45.6 Å². The maximum Gasteiger partial charge on any atom is 0.151 e. The van der Waals surface area contributed by atoms with Gasteiger partial charge in [0.25, 0.3) is 0 Å². The van der Waals surface area contributed by atoms with Gasteiger partial charge in [-0.1, -0.05) is 18.6 Å². The van der Waals surface area contributed by atoms with E-state index in [1.807, 2.05) is 6.92 Å². The van der Waals surface area contributed by atoms with Crippen molar-refractivity contribution < 1.29 is 8.42 Å². The second-order valence-electron chi connectivity index (χ2n) is 4.99. The molecule has 0 bridgehead atoms. The van der Waals surface area contributed by atoms with Gasteiger partial charge in [0.1, 0.15) is 0 Å². The van der Waals surface area contributed by atoms with Crippen molar-refractivity contribution in [2.75, 3.05) is 12.8 Å². The van der Waals surface area contributed by atoms with Gasteiger partial charge in [0.2, 0.25) is 0 Å². The fourth-order valence-electron chi connectivity index (χ4n) is 2.29. The average Bonchev–Trinajstić information content (AvgIpc) is 2.29. The summed E-state index contributed by atoms with van der Waals surface area (Å²) in [5.41, 5.74) is 1.29. The highest BCUT2D eigenvalue weighted by Crippen LogP contribution is 2.24. The monoisotopic (exact) mass is 259 g/mol. The van der Waals surface area contributed by atoms with E-state index in [0.717, 1.165) is 25.8 Å². The van der Waals surface area contributed by atoms with E-state index in [2.05, 4.69) is 18.3 Å². The number of hydrogen-bond acceptors (Lipinski definition) is 3. The van der Waals surface area contributed by atoms with Crippen molar-refractivity contribution >= 4 is 9.84 Å². The van der Waals surface area contributed by atoms with Crippen molar-refractivity contribution in [3.05, 3.63) is 11.6 Å². The van der Waals surface area contributed by atoms with Gasteiger partial charge in [-0.15, -0.1) is 0 Å². The molecule has 0 saturated carbocycles. The third-order valence-corrected chi connectivity index (χ3v) is 5.11. The minimum Gasteiger partial charge on any atom is -0.309 e. The Morgan fingerprint density at radius 1 is 1.41 bits per heavy atom. The Kier molecular flexibility index (Phi) is 5.67. The first-order chi connectivity index (χ1) is 7.96. The largest absolute Gasteiger partial charge is 0.309 e. The standard InChI is InChI=1S/C13H25NO2S/c1-4-10-14-13(11(2)17(3,15)16)12-8-6-5-7-9-12/h8,11,13-14H,4-7,9-10H2,1-3H3. The summed E-state index contributed by atoms with van der Waals surface area (Å²) >= 11 is 0. The molecule has 0 radical (unpaired) electrons. The summed E-state index contributed by atoms with van der Waals surface area (Å²) in [5, 5.41) is 3.06. The zero-order valence-corrected chi connectivity index (χ0v) is 12.0. The van der Waals surface area contributed by atoms with Crippen molar-refractivity contribution in [3.63, 3.8) is 0 Å². The van der Waals surface area contributed by atoms with E-state index in [0.29, 0.717) is 0 Å². The van der Waals surface area contributed by atoms with Crippen LogP contribution in [0.1, 0.15) is 46.0 Å². The number of rotatable bonds is 6. The van der Waals surface area contributed by atoms with Crippen molar-refractivity contribution in [1.29, 1.82) is 0 Å². The lowest BCUT2D eigenvalue weighted by molar-refractivity contribution is 0.502. The summed E-state index contributed by atoms with van der Waals surface area (Å²) in [6.45, 7) is 4.80. The van der Waals surface area contributed by atoms with Crippen LogP contribution in [0.3, 0.4) is 0 Å². The second-order valence-corrected chi connectivity index (χ2v) is 7.39. The summed E-state index contributed by atoms with van der Waals surface area (Å²) in [7, 11) is -2.99. The predicted molar refractivity (Wildman–Crippen MR) is 72.9 cm³/mol. The zero-order valence-electron chi connectivity index (χ0n) is 11.2. The van der Waals surface area contributed by atoms with Crippen molar-refractivity contribution in [3.8, 4) is 0 Å².